The van der Waals surface area contributed by atoms with Crippen molar-refractivity contribution in [2.45, 2.75) is 26.2 Å². The van der Waals surface area contributed by atoms with E-state index in [-0.39, 0.29) is 11.3 Å². The van der Waals surface area contributed by atoms with Crippen molar-refractivity contribution in [1.82, 2.24) is 24.8 Å². The number of rotatable bonds is 1. The van der Waals surface area contributed by atoms with E-state index in [9.17, 15) is 9.18 Å². The third-order valence-electron chi connectivity index (χ3n) is 4.31. The first kappa shape index (κ1) is 15.6. The molecule has 1 aromatic carbocycles. The van der Waals surface area contributed by atoms with Crippen LogP contribution in [0, 0.1) is 5.82 Å². The number of carbonyl (C=O) groups is 1. The lowest BCUT2D eigenvalue weighted by atomic mass is 9.93. The Morgan fingerprint density at radius 3 is 2.72 bits per heavy atom. The van der Waals surface area contributed by atoms with Crippen molar-refractivity contribution in [3.8, 4) is 0 Å². The van der Waals surface area contributed by atoms with Gasteiger partial charge in [0.1, 0.15) is 11.4 Å². The summed E-state index contributed by atoms with van der Waals surface area (Å²) in [6.07, 6.45) is 3.30. The SMILES string of the molecule is CN1C(=O)c2cc(F)ccc2[N+]2C=NC(n3nncc3C(C)(C)C)=C12. The van der Waals surface area contributed by atoms with Gasteiger partial charge in [-0.25, -0.2) is 4.39 Å². The van der Waals surface area contributed by atoms with Gasteiger partial charge in [0, 0.05) is 18.5 Å². The van der Waals surface area contributed by atoms with Crippen LogP contribution in [0.2, 0.25) is 0 Å². The Bertz CT molecular complexity index is 952. The maximum Gasteiger partial charge on any atom is 0.318 e. The standard InChI is InChI=1S/C17H17FN6O/c1-17(2,3)13-8-20-21-24(13)14-15-22(4)16(25)11-7-10(18)5-6-12(11)23(15)9-19-14/h5-9H,1-4H3/q+1. The van der Waals surface area contributed by atoms with Gasteiger partial charge < -0.3 is 0 Å². The fraction of sp³-hybridized carbons (Fsp3) is 0.294. The van der Waals surface area contributed by atoms with Crippen LogP contribution in [0.15, 0.2) is 35.2 Å². The summed E-state index contributed by atoms with van der Waals surface area (Å²) in [5.41, 5.74) is 1.57. The van der Waals surface area contributed by atoms with Crippen molar-refractivity contribution < 1.29 is 9.18 Å². The summed E-state index contributed by atoms with van der Waals surface area (Å²) in [6.45, 7) is 6.16. The van der Waals surface area contributed by atoms with Crippen LogP contribution in [0.25, 0.3) is 5.82 Å². The van der Waals surface area contributed by atoms with Gasteiger partial charge in [-0.3, -0.25) is 9.69 Å². The van der Waals surface area contributed by atoms with E-state index >= 15 is 0 Å². The Kier molecular flexibility index (Phi) is 3.17. The van der Waals surface area contributed by atoms with Crippen molar-refractivity contribution in [2.24, 2.45) is 4.99 Å². The number of hydrogen-bond donors (Lipinski definition) is 0. The van der Waals surface area contributed by atoms with Crippen molar-refractivity contribution >= 4 is 23.8 Å². The predicted octanol–water partition coefficient (Wildman–Crippen LogP) is 2.40. The zero-order valence-electron chi connectivity index (χ0n) is 14.4. The number of aliphatic imine (C=N–C) groups is 1. The molecule has 1 aromatic heterocycles. The third kappa shape index (κ3) is 2.21. The average Bonchev–Trinajstić information content (AvgIpc) is 3.18. The summed E-state index contributed by atoms with van der Waals surface area (Å²) >= 11 is 0. The van der Waals surface area contributed by atoms with Gasteiger partial charge in [0.2, 0.25) is 11.5 Å². The normalized spacial score (nSPS) is 17.3. The van der Waals surface area contributed by atoms with Gasteiger partial charge in [0.15, 0.2) is 0 Å². The molecule has 0 spiro atoms. The lowest BCUT2D eigenvalue weighted by molar-refractivity contribution is 0.0814. The van der Waals surface area contributed by atoms with Gasteiger partial charge in [0.25, 0.3) is 12.2 Å². The highest BCUT2D eigenvalue weighted by molar-refractivity contribution is 6.06. The quantitative estimate of drug-likeness (QED) is 0.749. The number of halogens is 1. The van der Waals surface area contributed by atoms with Crippen molar-refractivity contribution in [3.05, 3.63) is 47.3 Å². The number of anilines is 1. The van der Waals surface area contributed by atoms with Crippen LogP contribution in [0.4, 0.5) is 10.1 Å². The van der Waals surface area contributed by atoms with E-state index in [2.05, 4.69) is 36.1 Å². The van der Waals surface area contributed by atoms with Gasteiger partial charge >= 0.3 is 5.82 Å². The van der Waals surface area contributed by atoms with E-state index in [0.29, 0.717) is 22.9 Å². The molecular formula is C17H17FN6O+. The Morgan fingerprint density at radius 2 is 2.00 bits per heavy atom. The van der Waals surface area contributed by atoms with Crippen LogP contribution >= 0.6 is 0 Å². The Labute approximate surface area is 144 Å². The van der Waals surface area contributed by atoms with Gasteiger partial charge in [-0.1, -0.05) is 26.0 Å². The molecule has 25 heavy (non-hydrogen) atoms. The zero-order valence-corrected chi connectivity index (χ0v) is 14.4. The maximum absolute atomic E-state index is 13.6. The summed E-state index contributed by atoms with van der Waals surface area (Å²) in [5.74, 6) is 0.338. The van der Waals surface area contributed by atoms with Gasteiger partial charge in [-0.2, -0.15) is 9.67 Å². The number of fused-ring (bicyclic) bond motifs is 3. The summed E-state index contributed by atoms with van der Waals surface area (Å²) in [5, 5.41) is 8.16. The molecule has 0 saturated heterocycles. The molecule has 2 aliphatic heterocycles. The maximum atomic E-state index is 13.6. The smallest absolute Gasteiger partial charge is 0.268 e. The largest absolute Gasteiger partial charge is 0.318 e. The van der Waals surface area contributed by atoms with Gasteiger partial charge in [0.05, 0.1) is 11.9 Å². The molecule has 0 saturated carbocycles. The fourth-order valence-electron chi connectivity index (χ4n) is 3.04. The van der Waals surface area contributed by atoms with Crippen LogP contribution in [-0.4, -0.2) is 39.2 Å². The molecule has 2 aliphatic rings. The molecule has 0 aliphatic carbocycles. The van der Waals surface area contributed by atoms with E-state index < -0.39 is 5.82 Å². The molecule has 0 N–H and O–H groups in total. The highest BCUT2D eigenvalue weighted by Gasteiger charge is 2.47. The van der Waals surface area contributed by atoms with E-state index in [4.69, 9.17) is 0 Å². The number of benzene rings is 1. The van der Waals surface area contributed by atoms with E-state index in [1.54, 1.807) is 35.2 Å². The molecule has 0 unspecified atom stereocenters. The minimum Gasteiger partial charge on any atom is -0.268 e. The second-order valence-corrected chi connectivity index (χ2v) is 7.07. The summed E-state index contributed by atoms with van der Waals surface area (Å²) < 4.78 is 15.2. The van der Waals surface area contributed by atoms with E-state index in [0.717, 1.165) is 5.69 Å². The van der Waals surface area contributed by atoms with E-state index in [1.165, 1.54) is 17.0 Å². The lowest BCUT2D eigenvalue weighted by Crippen LogP contribution is -2.42. The highest BCUT2D eigenvalue weighted by Crippen LogP contribution is 2.37. The van der Waals surface area contributed by atoms with Crippen LogP contribution in [0.3, 0.4) is 0 Å². The van der Waals surface area contributed by atoms with Gasteiger partial charge in [-0.15, -0.1) is 5.10 Å². The summed E-state index contributed by atoms with van der Waals surface area (Å²) in [4.78, 5) is 20.4. The molecule has 7 nitrogen and oxygen atoms in total. The first-order chi connectivity index (χ1) is 11.8. The summed E-state index contributed by atoms with van der Waals surface area (Å²) in [7, 11) is 1.64. The van der Waals surface area contributed by atoms with Crippen LogP contribution in [0.1, 0.15) is 36.8 Å². The van der Waals surface area contributed by atoms with Crippen LogP contribution in [0.5, 0.6) is 0 Å². The van der Waals surface area contributed by atoms with Crippen LogP contribution < -0.4 is 4.90 Å². The molecule has 3 heterocycles. The Balaban J connectivity index is 1.92. The summed E-state index contributed by atoms with van der Waals surface area (Å²) in [6, 6.07) is 4.15. The number of nitrogens with zero attached hydrogens (tertiary/aromatic N) is 6. The second kappa shape index (κ2) is 5.06. The molecule has 0 fully saturated rings. The molecule has 1 radical (unpaired) electrons. The monoisotopic (exact) mass is 340 g/mol. The average molecular weight is 340 g/mol. The Hall–Kier alpha value is -2.87. The van der Waals surface area contributed by atoms with E-state index in [1.807, 2.05) is 0 Å². The van der Waals surface area contributed by atoms with Crippen molar-refractivity contribution in [1.29, 1.82) is 0 Å². The molecular weight excluding hydrogens is 323 g/mol. The lowest BCUT2D eigenvalue weighted by Gasteiger charge is -2.24. The zero-order chi connectivity index (χ0) is 17.9. The topological polar surface area (TPSA) is 69.3 Å². The first-order valence-electron chi connectivity index (χ1n) is 7.86. The van der Waals surface area contributed by atoms with Crippen LogP contribution in [-0.2, 0) is 5.41 Å². The molecule has 1 amide bonds. The minimum atomic E-state index is -0.449. The van der Waals surface area contributed by atoms with Gasteiger partial charge in [-0.05, 0) is 17.0 Å². The molecule has 2 aromatic rings. The minimum absolute atomic E-state index is 0.196. The second-order valence-electron chi connectivity index (χ2n) is 7.07. The first-order valence-corrected chi connectivity index (χ1v) is 7.86. The molecule has 4 rings (SSSR count). The number of aromatic nitrogens is 3. The predicted molar refractivity (Wildman–Crippen MR) is 90.7 cm³/mol. The molecule has 127 valence electrons. The van der Waals surface area contributed by atoms with Crippen molar-refractivity contribution in [2.75, 3.05) is 7.05 Å². The fourth-order valence-corrected chi connectivity index (χ4v) is 3.04. The molecule has 8 heteroatoms. The number of amides is 1. The van der Waals surface area contributed by atoms with Crippen molar-refractivity contribution in [3.63, 3.8) is 0 Å². The highest BCUT2D eigenvalue weighted by atomic mass is 19.1. The number of hydrogen-bond acceptors (Lipinski definition) is 5. The number of carbonyl (C=O) groups excluding carboxylic acids is 1. The molecule has 0 bridgehead atoms. The molecule has 0 atom stereocenters. The third-order valence-corrected chi connectivity index (χ3v) is 4.31. The Morgan fingerprint density at radius 1 is 1.24 bits per heavy atom.